The van der Waals surface area contributed by atoms with E-state index in [4.69, 9.17) is 30.7 Å². The molecular weight excluding hydrogens is 675 g/mol. The van der Waals surface area contributed by atoms with Crippen LogP contribution in [0.1, 0.15) is 75.7 Å². The predicted molar refractivity (Wildman–Crippen MR) is 190 cm³/mol. The van der Waals surface area contributed by atoms with E-state index in [9.17, 15) is 9.18 Å². The van der Waals surface area contributed by atoms with Gasteiger partial charge in [0.1, 0.15) is 5.82 Å². The molecule has 4 aromatic heterocycles. The number of pyridine rings is 2. The van der Waals surface area contributed by atoms with Crippen molar-refractivity contribution in [3.8, 4) is 27.6 Å². The summed E-state index contributed by atoms with van der Waals surface area (Å²) in [4.78, 5) is 27.1. The van der Waals surface area contributed by atoms with Crippen LogP contribution in [0.3, 0.4) is 0 Å². The van der Waals surface area contributed by atoms with Crippen LogP contribution in [-0.2, 0) is 19.3 Å². The molecule has 6 aromatic rings. The Balaban J connectivity index is 1.20. The summed E-state index contributed by atoms with van der Waals surface area (Å²) in [5.41, 5.74) is 6.69. The molecule has 12 heteroatoms. The van der Waals surface area contributed by atoms with Gasteiger partial charge in [-0.3, -0.25) is 9.78 Å². The predicted octanol–water partition coefficient (Wildman–Crippen LogP) is 8.69. The summed E-state index contributed by atoms with van der Waals surface area (Å²) in [6.07, 6.45) is 6.37. The second kappa shape index (κ2) is 12.2. The van der Waals surface area contributed by atoms with E-state index in [1.807, 2.05) is 35.2 Å². The van der Waals surface area contributed by atoms with E-state index in [-0.39, 0.29) is 23.8 Å². The highest BCUT2D eigenvalue weighted by Gasteiger charge is 2.45. The Morgan fingerprint density at radius 2 is 2.00 bits per heavy atom. The van der Waals surface area contributed by atoms with Crippen LogP contribution in [0.15, 0.2) is 59.1 Å². The number of rotatable bonds is 8. The van der Waals surface area contributed by atoms with Gasteiger partial charge in [-0.1, -0.05) is 29.8 Å². The van der Waals surface area contributed by atoms with Crippen LogP contribution in [-0.4, -0.2) is 44.6 Å². The van der Waals surface area contributed by atoms with Crippen molar-refractivity contribution in [3.63, 3.8) is 0 Å². The van der Waals surface area contributed by atoms with Crippen LogP contribution in [0.4, 0.5) is 10.2 Å². The van der Waals surface area contributed by atoms with Gasteiger partial charge in [0, 0.05) is 40.7 Å². The number of hydrogen-bond acceptors (Lipinski definition) is 9. The summed E-state index contributed by atoms with van der Waals surface area (Å²) in [6.45, 7) is 2.46. The lowest BCUT2D eigenvalue weighted by molar-refractivity contribution is 0.0776. The number of amides is 1. The first-order chi connectivity index (χ1) is 24.4. The van der Waals surface area contributed by atoms with Gasteiger partial charge in [0.05, 0.1) is 46.4 Å². The molecule has 2 atom stereocenters. The number of fused-ring (bicyclic) bond motifs is 5. The van der Waals surface area contributed by atoms with Crippen LogP contribution in [0.2, 0.25) is 5.02 Å². The summed E-state index contributed by atoms with van der Waals surface area (Å²) in [7, 11) is 1.51. The summed E-state index contributed by atoms with van der Waals surface area (Å²) < 4.78 is 27.0. The number of carbonyl (C=O) groups is 1. The lowest BCUT2D eigenvalue weighted by atomic mass is 9.93. The van der Waals surface area contributed by atoms with Gasteiger partial charge in [-0.25, -0.2) is 9.37 Å². The van der Waals surface area contributed by atoms with E-state index < -0.39 is 0 Å². The van der Waals surface area contributed by atoms with Gasteiger partial charge >= 0.3 is 0 Å². The normalized spacial score (nSPS) is 17.8. The van der Waals surface area contributed by atoms with Crippen molar-refractivity contribution in [1.82, 2.24) is 25.1 Å². The van der Waals surface area contributed by atoms with Gasteiger partial charge in [-0.15, -0.1) is 21.5 Å². The number of thiophene rings is 1. The number of ether oxygens (including phenoxy) is 1. The number of nitrogens with zero attached hydrogens (tertiary/aromatic N) is 5. The first kappa shape index (κ1) is 31.1. The maximum absolute atomic E-state index is 14.5. The molecule has 2 aliphatic heterocycles. The maximum Gasteiger partial charge on any atom is 0.257 e. The smallest absolute Gasteiger partial charge is 0.257 e. The molecule has 9 rings (SSSR count). The van der Waals surface area contributed by atoms with Gasteiger partial charge in [-0.2, -0.15) is 0 Å². The Hall–Kier alpha value is -4.87. The SMILES string of the molecule is COc1c(F)ccc2c1CC[C@@H]2Nc1nccc2cc(-c3c4c(nc(CCc5cccc(Cl)c5)c3-c3nnc(C)o3)[C@@H]3CCCN3C4=O)sc12. The van der Waals surface area contributed by atoms with Crippen LogP contribution < -0.4 is 10.1 Å². The molecule has 0 spiro atoms. The highest BCUT2D eigenvalue weighted by Crippen LogP contribution is 2.51. The topological polar surface area (TPSA) is 106 Å². The van der Waals surface area contributed by atoms with Crippen molar-refractivity contribution in [2.45, 2.75) is 57.5 Å². The first-order valence-electron chi connectivity index (χ1n) is 16.8. The molecular formula is C38H32ClFN6O3S. The van der Waals surface area contributed by atoms with Crippen molar-refractivity contribution in [1.29, 1.82) is 0 Å². The molecule has 9 nitrogen and oxygen atoms in total. The fourth-order valence-corrected chi connectivity index (χ4v) is 9.31. The van der Waals surface area contributed by atoms with E-state index in [1.54, 1.807) is 24.5 Å². The average Bonchev–Trinajstić information content (AvgIpc) is 3.95. The van der Waals surface area contributed by atoms with Gasteiger partial charge in [-0.05, 0) is 85.4 Å². The molecule has 1 saturated heterocycles. The molecule has 1 N–H and O–H groups in total. The Bertz CT molecular complexity index is 2340. The Morgan fingerprint density at radius 1 is 1.10 bits per heavy atom. The molecule has 1 amide bonds. The lowest BCUT2D eigenvalue weighted by Crippen LogP contribution is -2.22. The van der Waals surface area contributed by atoms with E-state index in [1.165, 1.54) is 13.2 Å². The Kier molecular flexibility index (Phi) is 7.58. The minimum atomic E-state index is -0.353. The third-order valence-corrected chi connectivity index (χ3v) is 11.5. The number of aromatic nitrogens is 4. The molecule has 0 bridgehead atoms. The molecule has 0 radical (unpaired) electrons. The summed E-state index contributed by atoms with van der Waals surface area (Å²) in [5.74, 6) is 1.44. The number of aryl methyl sites for hydroxylation is 3. The first-order valence-corrected chi connectivity index (χ1v) is 18.0. The van der Waals surface area contributed by atoms with Crippen molar-refractivity contribution < 1.29 is 18.3 Å². The molecule has 6 heterocycles. The van der Waals surface area contributed by atoms with E-state index in [0.717, 1.165) is 73.7 Å². The van der Waals surface area contributed by atoms with Crippen LogP contribution in [0.25, 0.3) is 32.0 Å². The third-order valence-electron chi connectivity index (χ3n) is 10.1. The molecule has 0 saturated carbocycles. The second-order valence-corrected chi connectivity index (χ2v) is 14.5. The zero-order valence-electron chi connectivity index (χ0n) is 27.4. The van der Waals surface area contributed by atoms with Gasteiger partial charge in [0.2, 0.25) is 11.8 Å². The summed E-state index contributed by atoms with van der Waals surface area (Å²) in [6, 6.07) is 15.1. The number of carbonyl (C=O) groups excluding carboxylic acids is 1. The molecule has 1 fully saturated rings. The summed E-state index contributed by atoms with van der Waals surface area (Å²) in [5, 5.41) is 14.0. The largest absolute Gasteiger partial charge is 0.493 e. The number of hydrogen-bond donors (Lipinski definition) is 1. The van der Waals surface area contributed by atoms with E-state index >= 15 is 0 Å². The maximum atomic E-state index is 14.5. The molecule has 2 aromatic carbocycles. The third kappa shape index (κ3) is 5.05. The van der Waals surface area contributed by atoms with Gasteiger partial charge in [0.25, 0.3) is 5.91 Å². The van der Waals surface area contributed by atoms with Crippen molar-refractivity contribution >= 4 is 44.7 Å². The number of methoxy groups -OCH3 is 1. The number of anilines is 1. The highest BCUT2D eigenvalue weighted by atomic mass is 35.5. The minimum Gasteiger partial charge on any atom is -0.493 e. The van der Waals surface area contributed by atoms with Gasteiger partial charge in [0.15, 0.2) is 11.6 Å². The molecule has 1 aliphatic carbocycles. The van der Waals surface area contributed by atoms with Crippen molar-refractivity contribution in [3.05, 3.63) is 105 Å². The van der Waals surface area contributed by atoms with E-state index in [0.29, 0.717) is 59.5 Å². The summed E-state index contributed by atoms with van der Waals surface area (Å²) >= 11 is 7.92. The quantitative estimate of drug-likeness (QED) is 0.168. The molecule has 252 valence electrons. The average molecular weight is 707 g/mol. The zero-order chi connectivity index (χ0) is 34.1. The molecule has 3 aliphatic rings. The highest BCUT2D eigenvalue weighted by molar-refractivity contribution is 7.23. The number of benzene rings is 2. The zero-order valence-corrected chi connectivity index (χ0v) is 29.0. The lowest BCUT2D eigenvalue weighted by Gasteiger charge is -2.16. The fraction of sp³-hybridized carbons (Fsp3) is 0.289. The Labute approximate surface area is 296 Å². The van der Waals surface area contributed by atoms with Crippen LogP contribution >= 0.6 is 22.9 Å². The van der Waals surface area contributed by atoms with Crippen molar-refractivity contribution in [2.24, 2.45) is 0 Å². The fourth-order valence-electron chi connectivity index (χ4n) is 7.93. The number of halogens is 2. The Morgan fingerprint density at radius 3 is 2.82 bits per heavy atom. The monoisotopic (exact) mass is 706 g/mol. The van der Waals surface area contributed by atoms with E-state index in [2.05, 4.69) is 27.6 Å². The molecule has 0 unspecified atom stereocenters. The van der Waals surface area contributed by atoms with Crippen LogP contribution in [0.5, 0.6) is 5.75 Å². The second-order valence-electron chi connectivity index (χ2n) is 13.1. The molecule has 50 heavy (non-hydrogen) atoms. The number of nitrogens with one attached hydrogen (secondary N) is 1. The standard InChI is InChI=1S/C38H32ClFN6O3S/c1-19-44-45-37(49-19)30-27(12-8-20-5-3-6-22(39)17-20)42-33-28-7-4-16-46(28)38(47)32(33)31(30)29-18-21-14-15-41-36(35(21)50-29)43-26-13-10-24-23(26)9-11-25(40)34(24)48-2/h3,5-6,9,11,14-15,17-18,26,28H,4,7-8,10,12-13,16H2,1-2H3,(H,41,43)/t26-,28-/m0/s1. The van der Waals surface area contributed by atoms with Crippen molar-refractivity contribution in [2.75, 3.05) is 19.0 Å². The minimum absolute atomic E-state index is 0.0125. The van der Waals surface area contributed by atoms with Crippen LogP contribution in [0, 0.1) is 12.7 Å². The van der Waals surface area contributed by atoms with Gasteiger partial charge < -0.3 is 19.4 Å².